The summed E-state index contributed by atoms with van der Waals surface area (Å²) < 4.78 is 0. The predicted molar refractivity (Wildman–Crippen MR) is 33.0 cm³/mol. The van der Waals surface area contributed by atoms with Gasteiger partial charge in [0.1, 0.15) is 0 Å². The number of carbonyl (C=O) groups excluding carboxylic acids is 1. The van der Waals surface area contributed by atoms with E-state index in [1.807, 2.05) is 0 Å². The van der Waals surface area contributed by atoms with Gasteiger partial charge in [-0.25, -0.2) is 0 Å². The van der Waals surface area contributed by atoms with Crippen LogP contribution in [-0.2, 0) is 4.79 Å². The Bertz CT molecular complexity index is 137. The van der Waals surface area contributed by atoms with Crippen molar-refractivity contribution in [1.82, 2.24) is 0 Å². The highest BCUT2D eigenvalue weighted by Gasteiger charge is 2.09. The molecule has 0 heterocycles. The van der Waals surface area contributed by atoms with E-state index < -0.39 is 0 Å². The van der Waals surface area contributed by atoms with Gasteiger partial charge in [0, 0.05) is 12.3 Å². The summed E-state index contributed by atoms with van der Waals surface area (Å²) in [6, 6.07) is 0. The fourth-order valence-corrected chi connectivity index (χ4v) is 0.972. The molecule has 0 saturated carbocycles. The van der Waals surface area contributed by atoms with Crippen LogP contribution in [0.4, 0.5) is 0 Å². The van der Waals surface area contributed by atoms with Crippen molar-refractivity contribution in [1.29, 1.82) is 0 Å². The maximum atomic E-state index is 10.5. The average Bonchev–Trinajstić information content (AvgIpc) is 2.14. The first kappa shape index (κ1) is 5.83. The molecule has 1 rings (SSSR count). The summed E-state index contributed by atoms with van der Waals surface area (Å²) in [5, 5.41) is 0. The summed E-state index contributed by atoms with van der Waals surface area (Å²) in [4.78, 5) is 10.5. The van der Waals surface area contributed by atoms with Crippen molar-refractivity contribution < 1.29 is 4.79 Å². The van der Waals surface area contributed by atoms with Crippen LogP contribution in [0.3, 0.4) is 0 Å². The predicted octanol–water partition coefficient (Wildman–Crippen LogP) is 1.51. The zero-order valence-corrected chi connectivity index (χ0v) is 5.24. The number of allylic oxidation sites excluding steroid dienone is 2. The van der Waals surface area contributed by atoms with Gasteiger partial charge in [0.2, 0.25) is 0 Å². The van der Waals surface area contributed by atoms with E-state index in [1.165, 1.54) is 0 Å². The number of hydrogen-bond donors (Lipinski definition) is 0. The van der Waals surface area contributed by atoms with Crippen LogP contribution in [0.25, 0.3) is 0 Å². The summed E-state index contributed by atoms with van der Waals surface area (Å²) in [7, 11) is 0. The molecule has 0 fully saturated rings. The van der Waals surface area contributed by atoms with Crippen LogP contribution in [0.5, 0.6) is 0 Å². The Morgan fingerprint density at radius 2 is 2.38 bits per heavy atom. The van der Waals surface area contributed by atoms with Gasteiger partial charge in [0.25, 0.3) is 0 Å². The van der Waals surface area contributed by atoms with E-state index in [9.17, 15) is 4.79 Å². The highest BCUT2D eigenvalue weighted by Crippen LogP contribution is 2.15. The molecule has 0 N–H and O–H groups in total. The van der Waals surface area contributed by atoms with Crippen molar-refractivity contribution >= 4 is 17.4 Å². The topological polar surface area (TPSA) is 17.1 Å². The highest BCUT2D eigenvalue weighted by molar-refractivity contribution is 6.20. The molecule has 44 valence electrons. The first-order chi connectivity index (χ1) is 3.83. The van der Waals surface area contributed by atoms with E-state index in [-0.39, 0.29) is 5.78 Å². The number of alkyl halides is 1. The zero-order valence-electron chi connectivity index (χ0n) is 4.48. The second-order valence-electron chi connectivity index (χ2n) is 1.90. The molecule has 1 aliphatic carbocycles. The van der Waals surface area contributed by atoms with Crippen LogP contribution in [0, 0.1) is 0 Å². The van der Waals surface area contributed by atoms with E-state index in [2.05, 4.69) is 0 Å². The van der Waals surface area contributed by atoms with Gasteiger partial charge in [-0.1, -0.05) is 5.57 Å². The van der Waals surface area contributed by atoms with Gasteiger partial charge < -0.3 is 0 Å². The molecule has 0 aromatic heterocycles. The summed E-state index contributed by atoms with van der Waals surface area (Å²) in [6.45, 7) is 0. The molecule has 0 unspecified atom stereocenters. The molecule has 0 spiro atoms. The monoisotopic (exact) mass is 130 g/mol. The molecule has 2 heteroatoms. The number of ketones is 1. The Balaban J connectivity index is 2.57. The molecule has 1 aliphatic rings. The number of rotatable bonds is 1. The van der Waals surface area contributed by atoms with Gasteiger partial charge in [-0.15, -0.1) is 11.6 Å². The molecule has 0 aromatic carbocycles. The van der Waals surface area contributed by atoms with Crippen LogP contribution in [0.15, 0.2) is 11.6 Å². The Kier molecular flexibility index (Phi) is 1.69. The lowest BCUT2D eigenvalue weighted by Crippen LogP contribution is -1.80. The van der Waals surface area contributed by atoms with E-state index in [0.717, 1.165) is 12.0 Å². The van der Waals surface area contributed by atoms with Crippen molar-refractivity contribution in [3.8, 4) is 0 Å². The first-order valence-corrected chi connectivity index (χ1v) is 3.14. The molecule has 0 bridgehead atoms. The van der Waals surface area contributed by atoms with Gasteiger partial charge in [0.05, 0.1) is 0 Å². The standard InChI is InChI=1S/C6H7ClO/c7-4-5-1-2-6(8)3-5/h3H,1-2,4H2. The van der Waals surface area contributed by atoms with Crippen LogP contribution in [0.1, 0.15) is 12.8 Å². The fraction of sp³-hybridized carbons (Fsp3) is 0.500. The van der Waals surface area contributed by atoms with Gasteiger partial charge in [-0.05, 0) is 12.5 Å². The van der Waals surface area contributed by atoms with E-state index in [0.29, 0.717) is 12.3 Å². The minimum Gasteiger partial charge on any atom is -0.295 e. The Hall–Kier alpha value is -0.300. The summed E-state index contributed by atoms with van der Waals surface area (Å²) >= 11 is 5.45. The van der Waals surface area contributed by atoms with Crippen LogP contribution < -0.4 is 0 Å². The normalized spacial score (nSPS) is 19.1. The smallest absolute Gasteiger partial charge is 0.156 e. The largest absolute Gasteiger partial charge is 0.295 e. The summed E-state index contributed by atoms with van der Waals surface area (Å²) in [5.41, 5.74) is 1.08. The third kappa shape index (κ3) is 1.10. The molecule has 0 amide bonds. The summed E-state index contributed by atoms with van der Waals surface area (Å²) in [5.74, 6) is 0.742. The van der Waals surface area contributed by atoms with Crippen molar-refractivity contribution in [2.24, 2.45) is 0 Å². The minimum absolute atomic E-state index is 0.223. The average molecular weight is 131 g/mol. The molecular formula is C6H7ClO. The number of carbonyl (C=O) groups is 1. The minimum atomic E-state index is 0.223. The maximum absolute atomic E-state index is 10.5. The molecule has 0 atom stereocenters. The van der Waals surface area contributed by atoms with Gasteiger partial charge in [-0.3, -0.25) is 4.79 Å². The molecule has 0 aromatic rings. The van der Waals surface area contributed by atoms with Crippen molar-refractivity contribution in [2.75, 3.05) is 5.88 Å². The van der Waals surface area contributed by atoms with E-state index in [1.54, 1.807) is 6.08 Å². The van der Waals surface area contributed by atoms with E-state index in [4.69, 9.17) is 11.6 Å². The molecule has 1 nitrogen and oxygen atoms in total. The lowest BCUT2D eigenvalue weighted by Gasteiger charge is -1.85. The Labute approximate surface area is 53.3 Å². The highest BCUT2D eigenvalue weighted by atomic mass is 35.5. The lowest BCUT2D eigenvalue weighted by molar-refractivity contribution is -0.114. The lowest BCUT2D eigenvalue weighted by atomic mass is 10.3. The number of hydrogen-bond acceptors (Lipinski definition) is 1. The third-order valence-corrected chi connectivity index (χ3v) is 1.57. The fourth-order valence-electron chi connectivity index (χ4n) is 0.761. The van der Waals surface area contributed by atoms with Crippen LogP contribution >= 0.6 is 11.6 Å². The maximum Gasteiger partial charge on any atom is 0.156 e. The molecular weight excluding hydrogens is 124 g/mol. The molecule has 0 saturated heterocycles. The van der Waals surface area contributed by atoms with Gasteiger partial charge in [0.15, 0.2) is 5.78 Å². The van der Waals surface area contributed by atoms with Gasteiger partial charge >= 0.3 is 0 Å². The Morgan fingerprint density at radius 3 is 2.62 bits per heavy atom. The number of halogens is 1. The molecule has 0 aliphatic heterocycles. The first-order valence-electron chi connectivity index (χ1n) is 2.61. The SMILES string of the molecule is O=C1C=C(CCl)CC1. The van der Waals surface area contributed by atoms with Gasteiger partial charge in [-0.2, -0.15) is 0 Å². The third-order valence-electron chi connectivity index (χ3n) is 1.23. The second kappa shape index (κ2) is 2.31. The summed E-state index contributed by atoms with van der Waals surface area (Å²) in [6.07, 6.45) is 3.19. The Morgan fingerprint density at radius 1 is 1.62 bits per heavy atom. The molecule has 0 radical (unpaired) electrons. The quantitative estimate of drug-likeness (QED) is 0.492. The second-order valence-corrected chi connectivity index (χ2v) is 2.17. The van der Waals surface area contributed by atoms with E-state index >= 15 is 0 Å². The van der Waals surface area contributed by atoms with Crippen molar-refractivity contribution in [3.63, 3.8) is 0 Å². The van der Waals surface area contributed by atoms with Crippen LogP contribution in [0.2, 0.25) is 0 Å². The van der Waals surface area contributed by atoms with Crippen molar-refractivity contribution in [2.45, 2.75) is 12.8 Å². The molecule has 8 heavy (non-hydrogen) atoms. The van der Waals surface area contributed by atoms with Crippen LogP contribution in [-0.4, -0.2) is 11.7 Å². The zero-order chi connectivity index (χ0) is 5.98. The van der Waals surface area contributed by atoms with Crippen molar-refractivity contribution in [3.05, 3.63) is 11.6 Å².